The molecule has 0 heterocycles. The molecular formula is C13H26O. The third-order valence-electron chi connectivity index (χ3n) is 3.74. The van der Waals surface area contributed by atoms with Crippen molar-refractivity contribution in [3.63, 3.8) is 0 Å². The lowest BCUT2D eigenvalue weighted by atomic mass is 9.78. The SMILES string of the molecule is CCCC(C)CC1CCC(CO)CC1. The van der Waals surface area contributed by atoms with Gasteiger partial charge in [0, 0.05) is 6.61 Å². The van der Waals surface area contributed by atoms with Gasteiger partial charge in [0.05, 0.1) is 0 Å². The maximum absolute atomic E-state index is 9.04. The standard InChI is InChI=1S/C13H26O/c1-3-4-11(2)9-12-5-7-13(10-14)8-6-12/h11-14H,3-10H2,1-2H3. The van der Waals surface area contributed by atoms with Crippen LogP contribution >= 0.6 is 0 Å². The Balaban J connectivity index is 2.15. The van der Waals surface area contributed by atoms with Crippen molar-refractivity contribution >= 4 is 0 Å². The maximum Gasteiger partial charge on any atom is 0.0459 e. The second-order valence-electron chi connectivity index (χ2n) is 5.20. The number of hydrogen-bond donors (Lipinski definition) is 1. The van der Waals surface area contributed by atoms with E-state index in [0.717, 1.165) is 11.8 Å². The van der Waals surface area contributed by atoms with Gasteiger partial charge in [0.15, 0.2) is 0 Å². The zero-order valence-corrected chi connectivity index (χ0v) is 9.84. The van der Waals surface area contributed by atoms with E-state index in [1.807, 2.05) is 0 Å². The van der Waals surface area contributed by atoms with Crippen LogP contribution in [-0.2, 0) is 0 Å². The molecular weight excluding hydrogens is 172 g/mol. The van der Waals surface area contributed by atoms with Crippen LogP contribution in [0.15, 0.2) is 0 Å². The third-order valence-corrected chi connectivity index (χ3v) is 3.74. The van der Waals surface area contributed by atoms with Crippen molar-refractivity contribution in [3.8, 4) is 0 Å². The van der Waals surface area contributed by atoms with Crippen LogP contribution in [0.2, 0.25) is 0 Å². The van der Waals surface area contributed by atoms with E-state index in [2.05, 4.69) is 13.8 Å². The van der Waals surface area contributed by atoms with Crippen molar-refractivity contribution in [3.05, 3.63) is 0 Å². The van der Waals surface area contributed by atoms with Gasteiger partial charge in [-0.25, -0.2) is 0 Å². The fourth-order valence-electron chi connectivity index (χ4n) is 2.83. The van der Waals surface area contributed by atoms with Gasteiger partial charge in [0.25, 0.3) is 0 Å². The van der Waals surface area contributed by atoms with E-state index in [-0.39, 0.29) is 0 Å². The summed E-state index contributed by atoms with van der Waals surface area (Å²) in [6.45, 7) is 5.08. The lowest BCUT2D eigenvalue weighted by Crippen LogP contribution is -2.18. The molecule has 1 rings (SSSR count). The summed E-state index contributed by atoms with van der Waals surface area (Å²) in [7, 11) is 0. The molecule has 1 aliphatic rings. The largest absolute Gasteiger partial charge is 0.396 e. The fourth-order valence-corrected chi connectivity index (χ4v) is 2.83. The molecule has 0 bridgehead atoms. The molecule has 0 aromatic heterocycles. The summed E-state index contributed by atoms with van der Waals surface area (Å²) in [6, 6.07) is 0. The van der Waals surface area contributed by atoms with Crippen LogP contribution in [0, 0.1) is 17.8 Å². The van der Waals surface area contributed by atoms with Crippen molar-refractivity contribution in [1.82, 2.24) is 0 Å². The normalized spacial score (nSPS) is 30.2. The van der Waals surface area contributed by atoms with Crippen LogP contribution in [0.1, 0.15) is 58.8 Å². The van der Waals surface area contributed by atoms with Gasteiger partial charge in [-0.1, -0.05) is 39.5 Å². The van der Waals surface area contributed by atoms with Crippen molar-refractivity contribution in [2.45, 2.75) is 58.8 Å². The van der Waals surface area contributed by atoms with Crippen LogP contribution in [0.3, 0.4) is 0 Å². The summed E-state index contributed by atoms with van der Waals surface area (Å²) in [6.07, 6.45) is 9.39. The molecule has 0 aliphatic heterocycles. The van der Waals surface area contributed by atoms with Gasteiger partial charge in [0.2, 0.25) is 0 Å². The molecule has 1 nitrogen and oxygen atoms in total. The third kappa shape index (κ3) is 4.00. The smallest absolute Gasteiger partial charge is 0.0459 e. The van der Waals surface area contributed by atoms with Crippen molar-refractivity contribution in [1.29, 1.82) is 0 Å². The highest BCUT2D eigenvalue weighted by molar-refractivity contribution is 4.73. The molecule has 0 saturated heterocycles. The lowest BCUT2D eigenvalue weighted by molar-refractivity contribution is 0.157. The van der Waals surface area contributed by atoms with E-state index in [4.69, 9.17) is 5.11 Å². The Hall–Kier alpha value is -0.0400. The van der Waals surface area contributed by atoms with E-state index >= 15 is 0 Å². The van der Waals surface area contributed by atoms with E-state index < -0.39 is 0 Å². The molecule has 84 valence electrons. The molecule has 1 aliphatic carbocycles. The molecule has 0 aromatic rings. The predicted molar refractivity (Wildman–Crippen MR) is 61.2 cm³/mol. The molecule has 1 unspecified atom stereocenters. The van der Waals surface area contributed by atoms with Crippen LogP contribution in [0.25, 0.3) is 0 Å². The molecule has 0 aromatic carbocycles. The predicted octanol–water partition coefficient (Wildman–Crippen LogP) is 3.61. The Morgan fingerprint density at radius 1 is 1.14 bits per heavy atom. The second-order valence-corrected chi connectivity index (χ2v) is 5.20. The zero-order valence-electron chi connectivity index (χ0n) is 9.84. The van der Waals surface area contributed by atoms with Gasteiger partial charge < -0.3 is 5.11 Å². The Kier molecular flexibility index (Phi) is 5.54. The van der Waals surface area contributed by atoms with Gasteiger partial charge in [-0.3, -0.25) is 0 Å². The summed E-state index contributed by atoms with van der Waals surface area (Å²) in [5.41, 5.74) is 0. The first kappa shape index (κ1) is 12.0. The molecule has 1 fully saturated rings. The number of rotatable bonds is 5. The summed E-state index contributed by atoms with van der Waals surface area (Å²) in [4.78, 5) is 0. The topological polar surface area (TPSA) is 20.2 Å². The van der Waals surface area contributed by atoms with E-state index in [1.165, 1.54) is 44.9 Å². The minimum Gasteiger partial charge on any atom is -0.396 e. The summed E-state index contributed by atoms with van der Waals surface area (Å²) >= 11 is 0. The van der Waals surface area contributed by atoms with Crippen LogP contribution in [-0.4, -0.2) is 11.7 Å². The van der Waals surface area contributed by atoms with Crippen molar-refractivity contribution in [2.24, 2.45) is 17.8 Å². The van der Waals surface area contributed by atoms with Gasteiger partial charge in [0.1, 0.15) is 0 Å². The van der Waals surface area contributed by atoms with Gasteiger partial charge in [-0.05, 0) is 37.0 Å². The highest BCUT2D eigenvalue weighted by Crippen LogP contribution is 2.33. The molecule has 0 spiro atoms. The Morgan fingerprint density at radius 3 is 2.21 bits per heavy atom. The Morgan fingerprint density at radius 2 is 1.71 bits per heavy atom. The minimum atomic E-state index is 0.414. The molecule has 1 N–H and O–H groups in total. The average molecular weight is 198 g/mol. The molecule has 14 heavy (non-hydrogen) atoms. The first-order valence-electron chi connectivity index (χ1n) is 6.37. The zero-order chi connectivity index (χ0) is 10.4. The first-order valence-corrected chi connectivity index (χ1v) is 6.37. The summed E-state index contributed by atoms with van der Waals surface area (Å²) in [5.74, 6) is 2.49. The fraction of sp³-hybridized carbons (Fsp3) is 1.00. The molecule has 0 radical (unpaired) electrons. The molecule has 1 heteroatoms. The molecule has 1 atom stereocenters. The van der Waals surface area contributed by atoms with Crippen molar-refractivity contribution < 1.29 is 5.11 Å². The van der Waals surface area contributed by atoms with Gasteiger partial charge in [-0.2, -0.15) is 0 Å². The Bertz CT molecular complexity index is 136. The van der Waals surface area contributed by atoms with E-state index in [0.29, 0.717) is 12.5 Å². The van der Waals surface area contributed by atoms with Crippen LogP contribution in [0.5, 0.6) is 0 Å². The van der Waals surface area contributed by atoms with Gasteiger partial charge in [-0.15, -0.1) is 0 Å². The van der Waals surface area contributed by atoms with Crippen LogP contribution < -0.4 is 0 Å². The van der Waals surface area contributed by atoms with Gasteiger partial charge >= 0.3 is 0 Å². The quantitative estimate of drug-likeness (QED) is 0.715. The number of aliphatic hydroxyl groups excluding tert-OH is 1. The molecule has 1 saturated carbocycles. The van der Waals surface area contributed by atoms with E-state index in [9.17, 15) is 0 Å². The minimum absolute atomic E-state index is 0.414. The maximum atomic E-state index is 9.04. The van der Waals surface area contributed by atoms with Crippen molar-refractivity contribution in [2.75, 3.05) is 6.61 Å². The van der Waals surface area contributed by atoms with Crippen LogP contribution in [0.4, 0.5) is 0 Å². The second kappa shape index (κ2) is 6.44. The monoisotopic (exact) mass is 198 g/mol. The number of hydrogen-bond acceptors (Lipinski definition) is 1. The number of aliphatic hydroxyl groups is 1. The summed E-state index contributed by atoms with van der Waals surface area (Å²) in [5, 5.41) is 9.04. The molecule has 0 amide bonds. The van der Waals surface area contributed by atoms with E-state index in [1.54, 1.807) is 0 Å². The first-order chi connectivity index (χ1) is 6.76. The Labute approximate surface area is 88.9 Å². The lowest BCUT2D eigenvalue weighted by Gasteiger charge is -2.29. The average Bonchev–Trinajstić information content (AvgIpc) is 2.19. The highest BCUT2D eigenvalue weighted by atomic mass is 16.3. The highest BCUT2D eigenvalue weighted by Gasteiger charge is 2.21. The summed E-state index contributed by atoms with van der Waals surface area (Å²) < 4.78 is 0.